The van der Waals surface area contributed by atoms with Crippen molar-refractivity contribution in [1.29, 1.82) is 0 Å². The number of hydrogen-bond acceptors (Lipinski definition) is 3. The van der Waals surface area contributed by atoms with E-state index in [1.807, 2.05) is 6.26 Å². The first kappa shape index (κ1) is 12.2. The van der Waals surface area contributed by atoms with Crippen LogP contribution in [-0.4, -0.2) is 23.5 Å². The second-order valence-electron chi connectivity index (χ2n) is 4.30. The molecule has 0 spiro atoms. The Hall–Kier alpha value is -1.23. The molecule has 1 aromatic rings. The number of nitrogens with two attached hydrogens (primary N) is 1. The zero-order valence-electron chi connectivity index (χ0n) is 9.63. The molecule has 1 aromatic carbocycles. The molecule has 5 heteroatoms. The molecule has 0 bridgehead atoms. The molecule has 0 saturated heterocycles. The lowest BCUT2D eigenvalue weighted by atomic mass is 10.1. The van der Waals surface area contributed by atoms with Crippen LogP contribution in [0.5, 0.6) is 0 Å². The quantitative estimate of drug-likeness (QED) is 0.808. The molecule has 0 radical (unpaired) electrons. The van der Waals surface area contributed by atoms with E-state index >= 15 is 0 Å². The fraction of sp³-hybridized carbons (Fsp3) is 0.417. The standard InChI is InChI=1S/C12H15FN2OS/c1-17-12(4-5-12)7-15-11(16)9-6-8(13)2-3-10(9)14/h2-3,6H,4-5,7,14H2,1H3,(H,15,16). The molecule has 1 aliphatic carbocycles. The molecule has 0 unspecified atom stereocenters. The normalized spacial score (nSPS) is 16.6. The number of benzene rings is 1. The average molecular weight is 254 g/mol. The van der Waals surface area contributed by atoms with E-state index < -0.39 is 5.82 Å². The summed E-state index contributed by atoms with van der Waals surface area (Å²) in [7, 11) is 0. The molecule has 3 N–H and O–H groups in total. The third kappa shape index (κ3) is 2.72. The van der Waals surface area contributed by atoms with E-state index in [-0.39, 0.29) is 16.2 Å². The molecular formula is C12H15FN2OS. The summed E-state index contributed by atoms with van der Waals surface area (Å²) in [6.45, 7) is 0.614. The largest absolute Gasteiger partial charge is 0.398 e. The van der Waals surface area contributed by atoms with Gasteiger partial charge in [0.05, 0.1) is 5.56 Å². The highest BCUT2D eigenvalue weighted by Gasteiger charge is 2.42. The van der Waals surface area contributed by atoms with Crippen molar-refractivity contribution in [3.8, 4) is 0 Å². The minimum absolute atomic E-state index is 0.192. The average Bonchev–Trinajstić information content (AvgIpc) is 3.10. The van der Waals surface area contributed by atoms with Gasteiger partial charge in [-0.1, -0.05) is 0 Å². The first-order valence-electron chi connectivity index (χ1n) is 5.45. The molecule has 0 aromatic heterocycles. The molecule has 0 aliphatic heterocycles. The van der Waals surface area contributed by atoms with Crippen LogP contribution in [0.2, 0.25) is 0 Å². The van der Waals surface area contributed by atoms with E-state index in [1.54, 1.807) is 11.8 Å². The Bertz CT molecular complexity index is 446. The number of nitrogen functional groups attached to an aromatic ring is 1. The molecule has 1 amide bonds. The second-order valence-corrected chi connectivity index (χ2v) is 5.58. The minimum atomic E-state index is -0.449. The molecule has 1 saturated carbocycles. The minimum Gasteiger partial charge on any atom is -0.398 e. The summed E-state index contributed by atoms with van der Waals surface area (Å²) in [4.78, 5) is 11.8. The van der Waals surface area contributed by atoms with Gasteiger partial charge in [0.1, 0.15) is 5.82 Å². The summed E-state index contributed by atoms with van der Waals surface area (Å²) in [6, 6.07) is 3.82. The molecule has 0 heterocycles. The van der Waals surface area contributed by atoms with Crippen LogP contribution < -0.4 is 11.1 Å². The van der Waals surface area contributed by atoms with Crippen molar-refractivity contribution in [3.05, 3.63) is 29.6 Å². The Morgan fingerprint density at radius 3 is 2.88 bits per heavy atom. The molecule has 3 nitrogen and oxygen atoms in total. The van der Waals surface area contributed by atoms with Gasteiger partial charge in [0, 0.05) is 17.0 Å². The predicted octanol–water partition coefficient (Wildman–Crippen LogP) is 2.03. The number of hydrogen-bond donors (Lipinski definition) is 2. The molecular weight excluding hydrogens is 239 g/mol. The highest BCUT2D eigenvalue weighted by atomic mass is 32.2. The maximum atomic E-state index is 13.0. The summed E-state index contributed by atoms with van der Waals surface area (Å²) in [5.74, 6) is -0.752. The SMILES string of the molecule is CSC1(CNC(=O)c2cc(F)ccc2N)CC1. The van der Waals surface area contributed by atoms with Gasteiger partial charge in [0.25, 0.3) is 5.91 Å². The molecule has 2 rings (SSSR count). The second kappa shape index (κ2) is 4.56. The summed E-state index contributed by atoms with van der Waals surface area (Å²) < 4.78 is 13.2. The van der Waals surface area contributed by atoms with Gasteiger partial charge in [-0.05, 0) is 37.3 Å². The van der Waals surface area contributed by atoms with Crippen molar-refractivity contribution < 1.29 is 9.18 Å². The lowest BCUT2D eigenvalue weighted by Crippen LogP contribution is -2.32. The van der Waals surface area contributed by atoms with Crippen molar-refractivity contribution in [2.24, 2.45) is 0 Å². The summed E-state index contributed by atoms with van der Waals surface area (Å²) in [5.41, 5.74) is 6.16. The van der Waals surface area contributed by atoms with E-state index in [0.29, 0.717) is 12.2 Å². The zero-order chi connectivity index (χ0) is 12.5. The molecule has 92 valence electrons. The van der Waals surface area contributed by atoms with Crippen molar-refractivity contribution in [2.75, 3.05) is 18.5 Å². The number of halogens is 1. The first-order valence-corrected chi connectivity index (χ1v) is 6.67. The zero-order valence-corrected chi connectivity index (χ0v) is 10.4. The predicted molar refractivity (Wildman–Crippen MR) is 68.6 cm³/mol. The van der Waals surface area contributed by atoms with Gasteiger partial charge in [0.2, 0.25) is 0 Å². The van der Waals surface area contributed by atoms with Gasteiger partial charge in [-0.15, -0.1) is 0 Å². The van der Waals surface area contributed by atoms with Crippen molar-refractivity contribution in [2.45, 2.75) is 17.6 Å². The van der Waals surface area contributed by atoms with Gasteiger partial charge in [-0.2, -0.15) is 11.8 Å². The number of anilines is 1. The third-order valence-corrected chi connectivity index (χ3v) is 4.49. The van der Waals surface area contributed by atoms with Crippen LogP contribution in [-0.2, 0) is 0 Å². The Morgan fingerprint density at radius 2 is 2.29 bits per heavy atom. The van der Waals surface area contributed by atoms with Crippen LogP contribution in [0.4, 0.5) is 10.1 Å². The van der Waals surface area contributed by atoms with E-state index in [9.17, 15) is 9.18 Å². The fourth-order valence-corrected chi connectivity index (χ4v) is 2.38. The van der Waals surface area contributed by atoms with E-state index in [2.05, 4.69) is 5.32 Å². The maximum absolute atomic E-state index is 13.0. The highest BCUT2D eigenvalue weighted by Crippen LogP contribution is 2.46. The number of rotatable bonds is 4. The van der Waals surface area contributed by atoms with Crippen molar-refractivity contribution in [3.63, 3.8) is 0 Å². The van der Waals surface area contributed by atoms with Crippen LogP contribution in [0.3, 0.4) is 0 Å². The van der Waals surface area contributed by atoms with E-state index in [0.717, 1.165) is 12.8 Å². The number of nitrogens with one attached hydrogen (secondary N) is 1. The Labute approximate surface area is 104 Å². The topological polar surface area (TPSA) is 55.1 Å². The van der Waals surface area contributed by atoms with Crippen LogP contribution in [0.25, 0.3) is 0 Å². The lowest BCUT2D eigenvalue weighted by Gasteiger charge is -2.13. The molecule has 1 aliphatic rings. The monoisotopic (exact) mass is 254 g/mol. The van der Waals surface area contributed by atoms with Crippen LogP contribution in [0.15, 0.2) is 18.2 Å². The van der Waals surface area contributed by atoms with Crippen LogP contribution >= 0.6 is 11.8 Å². The smallest absolute Gasteiger partial charge is 0.253 e. The van der Waals surface area contributed by atoms with Crippen molar-refractivity contribution >= 4 is 23.4 Å². The molecule has 0 atom stereocenters. The fourth-order valence-electron chi connectivity index (χ4n) is 1.65. The summed E-state index contributed by atoms with van der Waals surface area (Å²) in [6.07, 6.45) is 4.27. The van der Waals surface area contributed by atoms with Gasteiger partial charge in [-0.25, -0.2) is 4.39 Å². The first-order chi connectivity index (χ1) is 8.06. The number of amides is 1. The van der Waals surface area contributed by atoms with Gasteiger partial charge in [0.15, 0.2) is 0 Å². The Kier molecular flexibility index (Phi) is 3.28. The lowest BCUT2D eigenvalue weighted by molar-refractivity contribution is 0.0953. The summed E-state index contributed by atoms with van der Waals surface area (Å²) in [5, 5.41) is 2.81. The van der Waals surface area contributed by atoms with Gasteiger partial charge >= 0.3 is 0 Å². The van der Waals surface area contributed by atoms with Gasteiger partial charge < -0.3 is 11.1 Å². The van der Waals surface area contributed by atoms with Crippen molar-refractivity contribution in [1.82, 2.24) is 5.32 Å². The molecule has 17 heavy (non-hydrogen) atoms. The maximum Gasteiger partial charge on any atom is 0.253 e. The number of carbonyl (C=O) groups excluding carboxylic acids is 1. The van der Waals surface area contributed by atoms with E-state index in [1.165, 1.54) is 18.2 Å². The van der Waals surface area contributed by atoms with E-state index in [4.69, 9.17) is 5.73 Å². The number of carbonyl (C=O) groups is 1. The third-order valence-electron chi connectivity index (χ3n) is 3.07. The van der Waals surface area contributed by atoms with Crippen LogP contribution in [0, 0.1) is 5.82 Å². The van der Waals surface area contributed by atoms with Crippen LogP contribution in [0.1, 0.15) is 23.2 Å². The van der Waals surface area contributed by atoms with Gasteiger partial charge in [-0.3, -0.25) is 4.79 Å². The molecule has 1 fully saturated rings. The number of thioether (sulfide) groups is 1. The Morgan fingerprint density at radius 1 is 1.59 bits per heavy atom. The highest BCUT2D eigenvalue weighted by molar-refractivity contribution is 8.00. The summed E-state index contributed by atoms with van der Waals surface area (Å²) >= 11 is 1.76. The Balaban J connectivity index is 2.02.